The third-order valence-electron chi connectivity index (χ3n) is 4.98. The van der Waals surface area contributed by atoms with Crippen molar-refractivity contribution in [2.75, 3.05) is 31.9 Å². The lowest BCUT2D eigenvalue weighted by molar-refractivity contribution is -0.127. The number of nitrogens with zero attached hydrogens (tertiary/aromatic N) is 5. The monoisotopic (exact) mass is 387 g/mol. The third kappa shape index (κ3) is 5.32. The Morgan fingerprint density at radius 3 is 2.44 bits per heavy atom. The number of thioether (sulfide) groups is 1. The van der Waals surface area contributed by atoms with Gasteiger partial charge in [-0.25, -0.2) is 0 Å². The van der Waals surface area contributed by atoms with E-state index in [1.54, 1.807) is 0 Å². The molecule has 0 atom stereocenters. The lowest BCUT2D eigenvalue weighted by Crippen LogP contribution is -2.32. The van der Waals surface area contributed by atoms with Gasteiger partial charge >= 0.3 is 0 Å². The molecule has 146 valence electrons. The van der Waals surface area contributed by atoms with Crippen molar-refractivity contribution in [1.82, 2.24) is 24.6 Å². The van der Waals surface area contributed by atoms with Crippen LogP contribution >= 0.6 is 11.8 Å². The predicted octanol–water partition coefficient (Wildman–Crippen LogP) is 2.88. The van der Waals surface area contributed by atoms with Crippen molar-refractivity contribution < 1.29 is 4.79 Å². The van der Waals surface area contributed by atoms with Crippen LogP contribution in [0.2, 0.25) is 0 Å². The van der Waals surface area contributed by atoms with Crippen molar-refractivity contribution in [3.05, 3.63) is 41.7 Å². The molecule has 1 fully saturated rings. The van der Waals surface area contributed by atoms with Gasteiger partial charge in [0.05, 0.1) is 18.8 Å². The Morgan fingerprint density at radius 1 is 1.07 bits per heavy atom. The molecule has 0 spiro atoms. The van der Waals surface area contributed by atoms with Crippen molar-refractivity contribution in [2.45, 2.75) is 44.9 Å². The molecule has 3 rings (SSSR count). The number of carbonyl (C=O) groups is 1. The van der Waals surface area contributed by atoms with Gasteiger partial charge in [-0.15, -0.1) is 10.2 Å². The number of amides is 1. The summed E-state index contributed by atoms with van der Waals surface area (Å²) in [6.07, 6.45) is 2.51. The molecule has 0 radical (unpaired) electrons. The van der Waals surface area contributed by atoms with E-state index in [1.807, 2.05) is 24.8 Å². The Labute approximate surface area is 165 Å². The quantitative estimate of drug-likeness (QED) is 0.619. The fourth-order valence-electron chi connectivity index (χ4n) is 3.40. The van der Waals surface area contributed by atoms with Gasteiger partial charge in [0.25, 0.3) is 0 Å². The number of rotatable bonds is 9. The molecule has 1 aromatic carbocycles. The summed E-state index contributed by atoms with van der Waals surface area (Å²) < 4.78 is 2.17. The molecule has 1 saturated heterocycles. The first-order valence-corrected chi connectivity index (χ1v) is 10.8. The SMILES string of the molecule is CCN(CC)C(=O)CSc1nnc(CN2CCCC2)n1Cc1ccccc1. The number of hydrogen-bond acceptors (Lipinski definition) is 5. The number of carbonyl (C=O) groups excluding carboxylic acids is 1. The summed E-state index contributed by atoms with van der Waals surface area (Å²) in [6, 6.07) is 10.4. The van der Waals surface area contributed by atoms with Crippen molar-refractivity contribution in [1.29, 1.82) is 0 Å². The van der Waals surface area contributed by atoms with E-state index in [0.717, 1.165) is 50.2 Å². The smallest absolute Gasteiger partial charge is 0.233 e. The summed E-state index contributed by atoms with van der Waals surface area (Å²) in [5.74, 6) is 1.54. The van der Waals surface area contributed by atoms with E-state index in [2.05, 4.69) is 43.9 Å². The average molecular weight is 388 g/mol. The zero-order chi connectivity index (χ0) is 19.1. The molecule has 1 aliphatic heterocycles. The Hall–Kier alpha value is -1.86. The first kappa shape index (κ1) is 19.9. The second-order valence-electron chi connectivity index (χ2n) is 6.81. The fourth-order valence-corrected chi connectivity index (χ4v) is 4.26. The van der Waals surface area contributed by atoms with E-state index in [1.165, 1.54) is 30.2 Å². The molecule has 0 saturated carbocycles. The summed E-state index contributed by atoms with van der Waals surface area (Å²) in [7, 11) is 0. The van der Waals surface area contributed by atoms with Gasteiger partial charge in [0.1, 0.15) is 5.82 Å². The van der Waals surface area contributed by atoms with Crippen LogP contribution in [-0.4, -0.2) is 62.4 Å². The first-order valence-electron chi connectivity index (χ1n) is 9.80. The summed E-state index contributed by atoms with van der Waals surface area (Å²) in [5.41, 5.74) is 1.22. The molecule has 0 N–H and O–H groups in total. The van der Waals surface area contributed by atoms with Crippen molar-refractivity contribution in [3.63, 3.8) is 0 Å². The van der Waals surface area contributed by atoms with Gasteiger partial charge in [-0.1, -0.05) is 42.1 Å². The van der Waals surface area contributed by atoms with Gasteiger partial charge < -0.3 is 9.47 Å². The average Bonchev–Trinajstić information content (AvgIpc) is 3.33. The van der Waals surface area contributed by atoms with Crippen LogP contribution in [0, 0.1) is 0 Å². The van der Waals surface area contributed by atoms with Gasteiger partial charge in [-0.05, 0) is 45.3 Å². The standard InChI is InChI=1S/C20H29N5OS/c1-3-24(4-2)19(26)16-27-20-22-21-18(15-23-12-8-9-13-23)25(20)14-17-10-6-5-7-11-17/h5-7,10-11H,3-4,8-9,12-16H2,1-2H3. The fraction of sp³-hybridized carbons (Fsp3) is 0.550. The molecule has 2 heterocycles. The maximum Gasteiger partial charge on any atom is 0.233 e. The second-order valence-corrected chi connectivity index (χ2v) is 7.75. The van der Waals surface area contributed by atoms with Crippen LogP contribution in [-0.2, 0) is 17.9 Å². The number of hydrogen-bond donors (Lipinski definition) is 0. The summed E-state index contributed by atoms with van der Waals surface area (Å²) >= 11 is 1.49. The highest BCUT2D eigenvalue weighted by molar-refractivity contribution is 7.99. The highest BCUT2D eigenvalue weighted by Crippen LogP contribution is 2.21. The topological polar surface area (TPSA) is 54.3 Å². The van der Waals surface area contributed by atoms with Gasteiger partial charge in [0.2, 0.25) is 5.91 Å². The molecule has 1 aliphatic rings. The van der Waals surface area contributed by atoms with Crippen LogP contribution in [0.4, 0.5) is 0 Å². The Morgan fingerprint density at radius 2 is 1.78 bits per heavy atom. The molecule has 7 heteroatoms. The molecule has 1 aromatic heterocycles. The normalized spacial score (nSPS) is 14.6. The molecular formula is C20H29N5OS. The van der Waals surface area contributed by atoms with Crippen LogP contribution in [0.15, 0.2) is 35.5 Å². The Bertz CT molecular complexity index is 723. The van der Waals surface area contributed by atoms with E-state index >= 15 is 0 Å². The molecule has 27 heavy (non-hydrogen) atoms. The number of likely N-dealkylation sites (tertiary alicyclic amines) is 1. The molecular weight excluding hydrogens is 358 g/mol. The molecule has 0 unspecified atom stereocenters. The molecule has 1 amide bonds. The van der Waals surface area contributed by atoms with Crippen LogP contribution in [0.5, 0.6) is 0 Å². The minimum atomic E-state index is 0.153. The van der Waals surface area contributed by atoms with Gasteiger partial charge in [-0.3, -0.25) is 9.69 Å². The lowest BCUT2D eigenvalue weighted by atomic mass is 10.2. The maximum absolute atomic E-state index is 12.4. The van der Waals surface area contributed by atoms with Crippen LogP contribution in [0.3, 0.4) is 0 Å². The molecule has 0 aliphatic carbocycles. The minimum Gasteiger partial charge on any atom is -0.343 e. The number of benzene rings is 1. The van der Waals surface area contributed by atoms with Gasteiger partial charge in [0.15, 0.2) is 5.16 Å². The molecule has 2 aromatic rings. The van der Waals surface area contributed by atoms with Gasteiger partial charge in [0, 0.05) is 13.1 Å². The van der Waals surface area contributed by atoms with Crippen molar-refractivity contribution in [2.24, 2.45) is 0 Å². The van der Waals surface area contributed by atoms with E-state index < -0.39 is 0 Å². The van der Waals surface area contributed by atoms with Gasteiger partial charge in [-0.2, -0.15) is 0 Å². The Kier molecular flexibility index (Phi) is 7.29. The maximum atomic E-state index is 12.4. The second kappa shape index (κ2) is 9.90. The van der Waals surface area contributed by atoms with E-state index in [-0.39, 0.29) is 5.91 Å². The molecule has 6 nitrogen and oxygen atoms in total. The van der Waals surface area contributed by atoms with E-state index in [0.29, 0.717) is 5.75 Å². The summed E-state index contributed by atoms with van der Waals surface area (Å²) in [4.78, 5) is 16.7. The summed E-state index contributed by atoms with van der Waals surface area (Å²) in [6.45, 7) is 9.32. The minimum absolute atomic E-state index is 0.153. The zero-order valence-electron chi connectivity index (χ0n) is 16.3. The number of aromatic nitrogens is 3. The Balaban J connectivity index is 1.75. The van der Waals surface area contributed by atoms with E-state index in [4.69, 9.17) is 0 Å². The lowest BCUT2D eigenvalue weighted by Gasteiger charge is -2.18. The summed E-state index contributed by atoms with van der Waals surface area (Å²) in [5, 5.41) is 9.71. The zero-order valence-corrected chi connectivity index (χ0v) is 17.1. The van der Waals surface area contributed by atoms with Crippen molar-refractivity contribution >= 4 is 17.7 Å². The highest BCUT2D eigenvalue weighted by atomic mass is 32.2. The van der Waals surface area contributed by atoms with Crippen LogP contribution in [0.25, 0.3) is 0 Å². The van der Waals surface area contributed by atoms with E-state index in [9.17, 15) is 4.79 Å². The first-order chi connectivity index (χ1) is 13.2. The largest absolute Gasteiger partial charge is 0.343 e. The molecule has 0 bridgehead atoms. The van der Waals surface area contributed by atoms with Crippen LogP contribution in [0.1, 0.15) is 38.1 Å². The predicted molar refractivity (Wildman–Crippen MR) is 109 cm³/mol. The highest BCUT2D eigenvalue weighted by Gasteiger charge is 2.20. The third-order valence-corrected chi connectivity index (χ3v) is 5.93. The van der Waals surface area contributed by atoms with Crippen molar-refractivity contribution in [3.8, 4) is 0 Å². The van der Waals surface area contributed by atoms with Crippen LogP contribution < -0.4 is 0 Å².